The summed E-state index contributed by atoms with van der Waals surface area (Å²) in [7, 11) is 2.01. The van der Waals surface area contributed by atoms with E-state index in [1.807, 2.05) is 13.1 Å². The maximum atomic E-state index is 11.9. The highest BCUT2D eigenvalue weighted by atomic mass is 32.1. The van der Waals surface area contributed by atoms with Gasteiger partial charge in [0.05, 0.1) is 15.6 Å². The van der Waals surface area contributed by atoms with Gasteiger partial charge in [-0.05, 0) is 25.8 Å². The highest BCUT2D eigenvalue weighted by Crippen LogP contribution is 2.39. The molecule has 1 fully saturated rings. The van der Waals surface area contributed by atoms with Gasteiger partial charge in [0.25, 0.3) is 0 Å². The molecule has 0 atom stereocenters. The van der Waals surface area contributed by atoms with E-state index in [0.29, 0.717) is 5.69 Å². The smallest absolute Gasteiger partial charge is 0.178 e. The summed E-state index contributed by atoms with van der Waals surface area (Å²) < 4.78 is 0. The van der Waals surface area contributed by atoms with Crippen LogP contribution < -0.4 is 10.6 Å². The lowest BCUT2D eigenvalue weighted by atomic mass is 10.2. The molecule has 1 aliphatic carbocycles. The average Bonchev–Trinajstić information content (AvgIpc) is 3.00. The molecule has 0 saturated heterocycles. The van der Waals surface area contributed by atoms with Crippen molar-refractivity contribution in [2.24, 2.45) is 5.92 Å². The summed E-state index contributed by atoms with van der Waals surface area (Å²) in [5.41, 5.74) is 6.51. The minimum absolute atomic E-state index is 0.244. The summed E-state index contributed by atoms with van der Waals surface area (Å²) in [6, 6.07) is 1.91. The molecule has 0 spiro atoms. The molecule has 4 heteroatoms. The van der Waals surface area contributed by atoms with Crippen LogP contribution in [-0.4, -0.2) is 19.4 Å². The van der Waals surface area contributed by atoms with Crippen molar-refractivity contribution in [2.75, 3.05) is 24.2 Å². The fraction of sp³-hybridized carbons (Fsp3) is 0.545. The van der Waals surface area contributed by atoms with Crippen LogP contribution in [0.4, 0.5) is 10.7 Å². The standard InChI is InChI=1S/C11H16N2OS/c1-3-13(2)9-6-8(12)11(15-9)10(14)7-4-5-7/h6-7H,3-5,12H2,1-2H3. The molecular formula is C11H16N2OS. The molecule has 1 saturated carbocycles. The van der Waals surface area contributed by atoms with Crippen LogP contribution in [0, 0.1) is 5.92 Å². The third kappa shape index (κ3) is 2.00. The molecule has 15 heavy (non-hydrogen) atoms. The Morgan fingerprint density at radius 3 is 2.87 bits per heavy atom. The van der Waals surface area contributed by atoms with Crippen molar-refractivity contribution in [1.82, 2.24) is 0 Å². The zero-order valence-corrected chi connectivity index (χ0v) is 9.93. The molecule has 0 radical (unpaired) electrons. The number of thiophene rings is 1. The Morgan fingerprint density at radius 1 is 1.67 bits per heavy atom. The first-order valence-electron chi connectivity index (χ1n) is 5.28. The maximum absolute atomic E-state index is 11.9. The van der Waals surface area contributed by atoms with Crippen molar-refractivity contribution in [3.63, 3.8) is 0 Å². The van der Waals surface area contributed by atoms with E-state index >= 15 is 0 Å². The normalized spacial score (nSPS) is 15.3. The van der Waals surface area contributed by atoms with E-state index in [9.17, 15) is 4.79 Å². The minimum Gasteiger partial charge on any atom is -0.397 e. The Balaban J connectivity index is 2.24. The molecule has 1 aromatic heterocycles. The number of carbonyl (C=O) groups is 1. The van der Waals surface area contributed by atoms with Gasteiger partial charge in [-0.3, -0.25) is 4.79 Å². The number of nitrogen functional groups attached to an aromatic ring is 1. The van der Waals surface area contributed by atoms with Crippen LogP contribution in [0.3, 0.4) is 0 Å². The van der Waals surface area contributed by atoms with Crippen LogP contribution in [0.15, 0.2) is 6.07 Å². The first-order chi connectivity index (χ1) is 7.13. The van der Waals surface area contributed by atoms with Gasteiger partial charge in [0.1, 0.15) is 0 Å². The predicted molar refractivity (Wildman–Crippen MR) is 64.7 cm³/mol. The number of rotatable bonds is 4. The fourth-order valence-corrected chi connectivity index (χ4v) is 2.58. The average molecular weight is 224 g/mol. The molecule has 0 aliphatic heterocycles. The minimum atomic E-state index is 0.244. The number of hydrogen-bond donors (Lipinski definition) is 1. The van der Waals surface area contributed by atoms with E-state index < -0.39 is 0 Å². The predicted octanol–water partition coefficient (Wildman–Crippen LogP) is 2.38. The summed E-state index contributed by atoms with van der Waals surface area (Å²) in [6.07, 6.45) is 2.07. The monoisotopic (exact) mass is 224 g/mol. The van der Waals surface area contributed by atoms with Gasteiger partial charge in [-0.1, -0.05) is 0 Å². The largest absolute Gasteiger partial charge is 0.397 e. The number of Topliss-reactive ketones (excluding diaryl/α,β-unsaturated/α-hetero) is 1. The number of nitrogens with two attached hydrogens (primary N) is 1. The van der Waals surface area contributed by atoms with Crippen LogP contribution in [0.1, 0.15) is 29.4 Å². The molecule has 1 aliphatic rings. The Bertz CT molecular complexity index is 382. The number of anilines is 2. The second-order valence-electron chi connectivity index (χ2n) is 4.02. The summed E-state index contributed by atoms with van der Waals surface area (Å²) in [5.74, 6) is 0.499. The van der Waals surface area contributed by atoms with Crippen molar-refractivity contribution < 1.29 is 4.79 Å². The topological polar surface area (TPSA) is 46.3 Å². The lowest BCUT2D eigenvalue weighted by molar-refractivity contribution is 0.0972. The molecule has 82 valence electrons. The van der Waals surface area contributed by atoms with E-state index in [2.05, 4.69) is 11.8 Å². The lowest BCUT2D eigenvalue weighted by Crippen LogP contribution is -2.13. The Kier molecular flexibility index (Phi) is 2.69. The highest BCUT2D eigenvalue weighted by molar-refractivity contribution is 7.18. The number of carbonyl (C=O) groups excluding carboxylic acids is 1. The van der Waals surface area contributed by atoms with Crippen LogP contribution >= 0.6 is 11.3 Å². The molecule has 0 bridgehead atoms. The molecule has 1 heterocycles. The van der Waals surface area contributed by atoms with Crippen molar-refractivity contribution in [3.05, 3.63) is 10.9 Å². The first kappa shape index (κ1) is 10.5. The molecule has 0 unspecified atom stereocenters. The molecule has 3 nitrogen and oxygen atoms in total. The SMILES string of the molecule is CCN(C)c1cc(N)c(C(=O)C2CC2)s1. The van der Waals surface area contributed by atoms with Gasteiger partial charge in [-0.2, -0.15) is 0 Å². The summed E-state index contributed by atoms with van der Waals surface area (Å²) in [5, 5.41) is 1.08. The van der Waals surface area contributed by atoms with E-state index in [1.54, 1.807) is 0 Å². The number of ketones is 1. The molecular weight excluding hydrogens is 208 g/mol. The van der Waals surface area contributed by atoms with E-state index in [1.165, 1.54) is 11.3 Å². The van der Waals surface area contributed by atoms with Crippen molar-refractivity contribution in [2.45, 2.75) is 19.8 Å². The van der Waals surface area contributed by atoms with Gasteiger partial charge >= 0.3 is 0 Å². The molecule has 2 N–H and O–H groups in total. The van der Waals surface area contributed by atoms with Gasteiger partial charge in [0.2, 0.25) is 0 Å². The number of nitrogens with zero attached hydrogens (tertiary/aromatic N) is 1. The van der Waals surface area contributed by atoms with Crippen molar-refractivity contribution in [1.29, 1.82) is 0 Å². The van der Waals surface area contributed by atoms with Crippen LogP contribution in [0.25, 0.3) is 0 Å². The Morgan fingerprint density at radius 2 is 2.33 bits per heavy atom. The van der Waals surface area contributed by atoms with Crippen molar-refractivity contribution >= 4 is 27.8 Å². The molecule has 2 rings (SSSR count). The van der Waals surface area contributed by atoms with Gasteiger partial charge in [-0.15, -0.1) is 11.3 Å². The van der Waals surface area contributed by atoms with Gasteiger partial charge in [-0.25, -0.2) is 0 Å². The van der Waals surface area contributed by atoms with E-state index in [4.69, 9.17) is 5.73 Å². The zero-order valence-electron chi connectivity index (χ0n) is 9.12. The molecule has 1 aromatic rings. The zero-order chi connectivity index (χ0) is 11.0. The summed E-state index contributed by atoms with van der Waals surface area (Å²) in [4.78, 5) is 14.7. The second kappa shape index (κ2) is 3.85. The quantitative estimate of drug-likeness (QED) is 0.799. The maximum Gasteiger partial charge on any atom is 0.178 e. The lowest BCUT2D eigenvalue weighted by Gasteiger charge is -2.12. The van der Waals surface area contributed by atoms with Crippen molar-refractivity contribution in [3.8, 4) is 0 Å². The highest BCUT2D eigenvalue weighted by Gasteiger charge is 2.32. The third-order valence-electron chi connectivity index (χ3n) is 2.77. The molecule has 0 aromatic carbocycles. The van der Waals surface area contributed by atoms with Crippen LogP contribution in [-0.2, 0) is 0 Å². The first-order valence-corrected chi connectivity index (χ1v) is 6.09. The molecule has 0 amide bonds. The Hall–Kier alpha value is -1.03. The summed E-state index contributed by atoms with van der Waals surface area (Å²) >= 11 is 1.52. The van der Waals surface area contributed by atoms with Crippen LogP contribution in [0.2, 0.25) is 0 Å². The third-order valence-corrected chi connectivity index (χ3v) is 4.05. The van der Waals surface area contributed by atoms with Gasteiger partial charge < -0.3 is 10.6 Å². The second-order valence-corrected chi connectivity index (χ2v) is 5.05. The van der Waals surface area contributed by atoms with Gasteiger partial charge in [0.15, 0.2) is 5.78 Å². The van der Waals surface area contributed by atoms with Crippen LogP contribution in [0.5, 0.6) is 0 Å². The summed E-state index contributed by atoms with van der Waals surface area (Å²) in [6.45, 7) is 3.01. The number of hydrogen-bond acceptors (Lipinski definition) is 4. The fourth-order valence-electron chi connectivity index (χ4n) is 1.46. The van der Waals surface area contributed by atoms with E-state index in [-0.39, 0.29) is 11.7 Å². The van der Waals surface area contributed by atoms with E-state index in [0.717, 1.165) is 29.3 Å². The Labute approximate surface area is 93.9 Å². The van der Waals surface area contributed by atoms with Gasteiger partial charge in [0, 0.05) is 19.5 Å².